The average molecular weight is 532 g/mol. The number of nitrogens with zero attached hydrogens (tertiary/aromatic N) is 3. The second kappa shape index (κ2) is 11.6. The predicted molar refractivity (Wildman–Crippen MR) is 143 cm³/mol. The van der Waals surface area contributed by atoms with Crippen LogP contribution in [-0.4, -0.2) is 57.3 Å². The van der Waals surface area contributed by atoms with Gasteiger partial charge in [0.25, 0.3) is 0 Å². The van der Waals surface area contributed by atoms with Crippen LogP contribution in [-0.2, 0) is 16.4 Å². The fraction of sp³-hybridized carbons (Fsp3) is 0.348. The molecule has 3 aromatic rings. The maximum Gasteiger partial charge on any atom is 0.229 e. The summed E-state index contributed by atoms with van der Waals surface area (Å²) in [5.41, 5.74) is 4.81. The van der Waals surface area contributed by atoms with Gasteiger partial charge in [-0.25, -0.2) is 8.42 Å². The van der Waals surface area contributed by atoms with E-state index < -0.39 is 10.0 Å². The number of hydrogen-bond acceptors (Lipinski definition) is 5. The highest BCUT2D eigenvalue weighted by Gasteiger charge is 2.19. The van der Waals surface area contributed by atoms with Crippen LogP contribution in [0.4, 0.5) is 11.4 Å². The SMILES string of the molecule is Cc1ccc2c(N3CCN(CCc4cccc(NS(C)(=O)=O)c4)CC3)cc(Cl)cc2n1.Cl.Cl. The molecule has 4 rings (SSSR count). The number of piperazine rings is 1. The van der Waals surface area contributed by atoms with Crippen molar-refractivity contribution >= 4 is 68.7 Å². The Kier molecular flexibility index (Phi) is 9.64. The van der Waals surface area contributed by atoms with Crippen LogP contribution in [0.5, 0.6) is 0 Å². The zero-order valence-corrected chi connectivity index (χ0v) is 21.8. The Morgan fingerprint density at radius 3 is 2.45 bits per heavy atom. The Bertz CT molecular complexity index is 1190. The first-order valence-corrected chi connectivity index (χ1v) is 12.6. The van der Waals surface area contributed by atoms with E-state index in [0.717, 1.165) is 67.0 Å². The zero-order chi connectivity index (χ0) is 22.0. The summed E-state index contributed by atoms with van der Waals surface area (Å²) in [5, 5.41) is 1.85. The van der Waals surface area contributed by atoms with Gasteiger partial charge in [0, 0.05) is 60.2 Å². The second-order valence-electron chi connectivity index (χ2n) is 8.10. The van der Waals surface area contributed by atoms with Crippen molar-refractivity contribution in [1.82, 2.24) is 9.88 Å². The highest BCUT2D eigenvalue weighted by molar-refractivity contribution is 7.92. The quantitative estimate of drug-likeness (QED) is 0.496. The van der Waals surface area contributed by atoms with E-state index in [2.05, 4.69) is 25.6 Å². The standard InChI is InChI=1S/C23H27ClN4O2S.2ClH/c1-17-6-7-21-22(25-17)15-19(24)16-23(21)28-12-10-27(11-13-28)9-8-18-4-3-5-20(14-18)26-31(2,29)30;;/h3-7,14-16,26H,8-13H2,1-2H3;2*1H. The molecule has 0 saturated carbocycles. The molecule has 0 radical (unpaired) electrons. The lowest BCUT2D eigenvalue weighted by atomic mass is 10.1. The molecule has 0 amide bonds. The third-order valence-electron chi connectivity index (χ3n) is 5.55. The van der Waals surface area contributed by atoms with Crippen LogP contribution in [0.2, 0.25) is 5.02 Å². The Balaban J connectivity index is 0.00000193. The van der Waals surface area contributed by atoms with Gasteiger partial charge in [-0.05, 0) is 55.3 Å². The molecule has 1 saturated heterocycles. The van der Waals surface area contributed by atoms with Crippen LogP contribution in [0.25, 0.3) is 10.9 Å². The number of hydrogen-bond donors (Lipinski definition) is 1. The predicted octanol–water partition coefficient (Wildman–Crippen LogP) is 4.78. The number of pyridine rings is 1. The number of halogens is 3. The summed E-state index contributed by atoms with van der Waals surface area (Å²) in [7, 11) is -3.26. The largest absolute Gasteiger partial charge is 0.368 e. The molecule has 1 aliphatic rings. The smallest absolute Gasteiger partial charge is 0.229 e. The first-order chi connectivity index (χ1) is 14.8. The minimum atomic E-state index is -3.26. The molecule has 1 N–H and O–H groups in total. The van der Waals surface area contributed by atoms with Gasteiger partial charge in [0.1, 0.15) is 0 Å². The molecule has 0 bridgehead atoms. The van der Waals surface area contributed by atoms with Gasteiger partial charge >= 0.3 is 0 Å². The van der Waals surface area contributed by atoms with Gasteiger partial charge in [0.05, 0.1) is 11.8 Å². The van der Waals surface area contributed by atoms with E-state index in [4.69, 9.17) is 11.6 Å². The number of nitrogens with one attached hydrogen (secondary N) is 1. The molecule has 6 nitrogen and oxygen atoms in total. The highest BCUT2D eigenvalue weighted by Crippen LogP contribution is 2.31. The monoisotopic (exact) mass is 530 g/mol. The summed E-state index contributed by atoms with van der Waals surface area (Å²) in [4.78, 5) is 9.47. The van der Waals surface area contributed by atoms with Crippen molar-refractivity contribution in [2.45, 2.75) is 13.3 Å². The number of anilines is 2. The van der Waals surface area contributed by atoms with Crippen LogP contribution in [0.3, 0.4) is 0 Å². The Morgan fingerprint density at radius 1 is 1.03 bits per heavy atom. The lowest BCUT2D eigenvalue weighted by molar-refractivity contribution is 0.261. The van der Waals surface area contributed by atoms with Gasteiger partial charge in [0.2, 0.25) is 10.0 Å². The van der Waals surface area contributed by atoms with Gasteiger partial charge in [-0.2, -0.15) is 0 Å². The molecule has 1 fully saturated rings. The average Bonchev–Trinajstić information content (AvgIpc) is 2.71. The number of benzene rings is 2. The summed E-state index contributed by atoms with van der Waals surface area (Å²) < 4.78 is 25.4. The van der Waals surface area contributed by atoms with E-state index in [-0.39, 0.29) is 24.8 Å². The molecule has 2 aromatic carbocycles. The second-order valence-corrected chi connectivity index (χ2v) is 10.3. The molecule has 33 heavy (non-hydrogen) atoms. The van der Waals surface area contributed by atoms with E-state index in [1.54, 1.807) is 6.07 Å². The van der Waals surface area contributed by atoms with Crippen molar-refractivity contribution < 1.29 is 8.42 Å². The van der Waals surface area contributed by atoms with Gasteiger partial charge in [0.15, 0.2) is 0 Å². The van der Waals surface area contributed by atoms with Crippen LogP contribution >= 0.6 is 36.4 Å². The van der Waals surface area contributed by atoms with Crippen molar-refractivity contribution in [3.63, 3.8) is 0 Å². The minimum absolute atomic E-state index is 0. The minimum Gasteiger partial charge on any atom is -0.368 e. The molecule has 10 heteroatoms. The maximum absolute atomic E-state index is 11.4. The molecule has 0 aliphatic carbocycles. The molecule has 0 spiro atoms. The van der Waals surface area contributed by atoms with E-state index >= 15 is 0 Å². The first kappa shape index (κ1) is 27.5. The zero-order valence-electron chi connectivity index (χ0n) is 18.6. The summed E-state index contributed by atoms with van der Waals surface area (Å²) >= 11 is 6.37. The van der Waals surface area contributed by atoms with Gasteiger partial charge in [-0.15, -0.1) is 24.8 Å². The lowest BCUT2D eigenvalue weighted by Crippen LogP contribution is -2.47. The van der Waals surface area contributed by atoms with Crippen molar-refractivity contribution in [2.75, 3.05) is 48.6 Å². The molecule has 1 aliphatic heterocycles. The highest BCUT2D eigenvalue weighted by atomic mass is 35.5. The van der Waals surface area contributed by atoms with Crippen LogP contribution < -0.4 is 9.62 Å². The summed E-state index contributed by atoms with van der Waals surface area (Å²) in [6.07, 6.45) is 2.04. The molecule has 1 aromatic heterocycles. The van der Waals surface area contributed by atoms with Gasteiger partial charge in [-0.1, -0.05) is 23.7 Å². The molecule has 0 unspecified atom stereocenters. The molecular formula is C23H29Cl3N4O2S. The number of aryl methyl sites for hydroxylation is 1. The fourth-order valence-electron chi connectivity index (χ4n) is 4.05. The Hall–Kier alpha value is -1.77. The number of fused-ring (bicyclic) bond motifs is 1. The number of sulfonamides is 1. The molecular weight excluding hydrogens is 503 g/mol. The maximum atomic E-state index is 11.4. The third-order valence-corrected chi connectivity index (χ3v) is 6.37. The fourth-order valence-corrected chi connectivity index (χ4v) is 4.81. The normalized spacial score (nSPS) is 14.5. The third kappa shape index (κ3) is 7.36. The molecule has 180 valence electrons. The van der Waals surface area contributed by atoms with E-state index in [1.807, 2.05) is 43.3 Å². The summed E-state index contributed by atoms with van der Waals surface area (Å²) in [6.45, 7) is 6.72. The first-order valence-electron chi connectivity index (χ1n) is 10.4. The number of aromatic nitrogens is 1. The topological polar surface area (TPSA) is 65.5 Å². The molecule has 2 heterocycles. The Morgan fingerprint density at radius 2 is 1.76 bits per heavy atom. The van der Waals surface area contributed by atoms with Gasteiger partial charge in [-0.3, -0.25) is 14.6 Å². The molecule has 0 atom stereocenters. The van der Waals surface area contributed by atoms with E-state index in [9.17, 15) is 8.42 Å². The van der Waals surface area contributed by atoms with Crippen LogP contribution in [0, 0.1) is 6.92 Å². The van der Waals surface area contributed by atoms with Crippen LogP contribution in [0.1, 0.15) is 11.3 Å². The lowest BCUT2D eigenvalue weighted by Gasteiger charge is -2.36. The summed E-state index contributed by atoms with van der Waals surface area (Å²) in [5.74, 6) is 0. The number of rotatable bonds is 6. The van der Waals surface area contributed by atoms with Crippen molar-refractivity contribution in [3.8, 4) is 0 Å². The summed E-state index contributed by atoms with van der Waals surface area (Å²) in [6, 6.07) is 15.8. The Labute approximate surface area is 213 Å². The van der Waals surface area contributed by atoms with Crippen LogP contribution in [0.15, 0.2) is 48.5 Å². The van der Waals surface area contributed by atoms with Crippen molar-refractivity contribution in [2.24, 2.45) is 0 Å². The van der Waals surface area contributed by atoms with Crippen molar-refractivity contribution in [3.05, 3.63) is 64.8 Å². The van der Waals surface area contributed by atoms with E-state index in [1.165, 1.54) is 6.26 Å². The van der Waals surface area contributed by atoms with E-state index in [0.29, 0.717) is 10.7 Å². The van der Waals surface area contributed by atoms with Crippen molar-refractivity contribution in [1.29, 1.82) is 0 Å². The van der Waals surface area contributed by atoms with Gasteiger partial charge < -0.3 is 4.90 Å².